The van der Waals surface area contributed by atoms with E-state index in [4.69, 9.17) is 10.5 Å². The maximum absolute atomic E-state index is 13.0. The Morgan fingerprint density at radius 2 is 2.10 bits per heavy atom. The van der Waals surface area contributed by atoms with Crippen molar-refractivity contribution in [3.8, 4) is 0 Å². The fraction of sp³-hybridized carbons (Fsp3) is 0.933. The lowest BCUT2D eigenvalue weighted by molar-refractivity contribution is -0.231. The average Bonchev–Trinajstić information content (AvgIpc) is 2.45. The number of hydrogen-bond donors (Lipinski definition) is 2. The first kappa shape index (κ1) is 14.3. The fourth-order valence-electron chi connectivity index (χ4n) is 4.41. The molecule has 1 amide bonds. The molecule has 20 heavy (non-hydrogen) atoms. The highest BCUT2D eigenvalue weighted by Gasteiger charge is 2.70. The van der Waals surface area contributed by atoms with Gasteiger partial charge in [-0.1, -0.05) is 13.8 Å². The predicted molar refractivity (Wildman–Crippen MR) is 75.0 cm³/mol. The Labute approximate surface area is 120 Å². The van der Waals surface area contributed by atoms with Gasteiger partial charge in [-0.05, 0) is 25.7 Å². The predicted octanol–water partition coefficient (Wildman–Crippen LogP) is 0.502. The highest BCUT2D eigenvalue weighted by molar-refractivity contribution is 5.89. The van der Waals surface area contributed by atoms with E-state index in [2.05, 4.69) is 0 Å². The van der Waals surface area contributed by atoms with Gasteiger partial charge < -0.3 is 20.5 Å². The van der Waals surface area contributed by atoms with Gasteiger partial charge in [-0.2, -0.15) is 0 Å². The number of likely N-dealkylation sites (tertiary alicyclic amines) is 1. The third-order valence-electron chi connectivity index (χ3n) is 5.72. The van der Waals surface area contributed by atoms with Crippen LogP contribution in [-0.2, 0) is 9.53 Å². The third kappa shape index (κ3) is 1.76. The normalized spacial score (nSPS) is 43.6. The van der Waals surface area contributed by atoms with Crippen LogP contribution in [0, 0.1) is 11.3 Å². The van der Waals surface area contributed by atoms with Crippen LogP contribution in [0.4, 0.5) is 0 Å². The molecule has 2 saturated heterocycles. The molecule has 3 unspecified atom stereocenters. The molecule has 114 valence electrons. The lowest BCUT2D eigenvalue weighted by atomic mass is 9.46. The molecule has 3 aliphatic rings. The summed E-state index contributed by atoms with van der Waals surface area (Å²) < 4.78 is 5.85. The first-order valence-corrected chi connectivity index (χ1v) is 7.77. The third-order valence-corrected chi connectivity index (χ3v) is 5.72. The van der Waals surface area contributed by atoms with E-state index >= 15 is 0 Å². The number of nitrogens with zero attached hydrogens (tertiary/aromatic N) is 1. The lowest BCUT2D eigenvalue weighted by Gasteiger charge is -2.66. The van der Waals surface area contributed by atoms with E-state index in [1.807, 2.05) is 13.8 Å². The monoisotopic (exact) mass is 282 g/mol. The van der Waals surface area contributed by atoms with Crippen molar-refractivity contribution in [2.75, 3.05) is 19.7 Å². The highest BCUT2D eigenvalue weighted by Crippen LogP contribution is 2.58. The first-order valence-electron chi connectivity index (χ1n) is 7.77. The summed E-state index contributed by atoms with van der Waals surface area (Å²) in [5, 5.41) is 9.79. The minimum atomic E-state index is -0.838. The summed E-state index contributed by atoms with van der Waals surface area (Å²) in [7, 11) is 0. The number of aliphatic hydroxyl groups is 1. The zero-order chi connectivity index (χ0) is 14.5. The van der Waals surface area contributed by atoms with Gasteiger partial charge in [-0.3, -0.25) is 4.79 Å². The number of fused-ring (bicyclic) bond motifs is 1. The molecule has 3 N–H and O–H groups in total. The van der Waals surface area contributed by atoms with E-state index in [1.165, 1.54) is 0 Å². The van der Waals surface area contributed by atoms with Crippen molar-refractivity contribution in [3.05, 3.63) is 0 Å². The van der Waals surface area contributed by atoms with Crippen LogP contribution in [0.25, 0.3) is 0 Å². The Bertz CT molecular complexity index is 412. The molecule has 2 heterocycles. The largest absolute Gasteiger partial charge is 0.391 e. The van der Waals surface area contributed by atoms with Gasteiger partial charge in [0.2, 0.25) is 5.91 Å². The van der Waals surface area contributed by atoms with E-state index in [-0.39, 0.29) is 23.3 Å². The summed E-state index contributed by atoms with van der Waals surface area (Å²) >= 11 is 0. The van der Waals surface area contributed by atoms with Crippen molar-refractivity contribution >= 4 is 5.91 Å². The van der Waals surface area contributed by atoms with E-state index in [0.29, 0.717) is 13.1 Å². The van der Waals surface area contributed by atoms with Crippen molar-refractivity contribution in [2.24, 2.45) is 17.1 Å². The van der Waals surface area contributed by atoms with Gasteiger partial charge in [0.1, 0.15) is 5.54 Å². The molecule has 2 aliphatic heterocycles. The number of carbonyl (C=O) groups excluding carboxylic acids is 1. The van der Waals surface area contributed by atoms with Gasteiger partial charge in [0.15, 0.2) is 0 Å². The number of rotatable bonds is 1. The van der Waals surface area contributed by atoms with Crippen molar-refractivity contribution in [1.82, 2.24) is 4.90 Å². The fourth-order valence-corrected chi connectivity index (χ4v) is 4.41. The standard InChI is InChI=1S/C15H26N2O3/c1-14(2)12-11(6-4-8-20-12)15(14,16)13(19)17-7-3-5-10(18)9-17/h10-12,18H,3-9,16H2,1-2H3/t10-,11?,12?,15?/m0/s1. The maximum atomic E-state index is 13.0. The van der Waals surface area contributed by atoms with Gasteiger partial charge >= 0.3 is 0 Å². The molecule has 4 atom stereocenters. The molecule has 5 heteroatoms. The van der Waals surface area contributed by atoms with Crippen LogP contribution in [0.15, 0.2) is 0 Å². The summed E-state index contributed by atoms with van der Waals surface area (Å²) in [6.07, 6.45) is 3.27. The molecular formula is C15H26N2O3. The number of hydrogen-bond acceptors (Lipinski definition) is 4. The zero-order valence-electron chi connectivity index (χ0n) is 12.5. The number of amides is 1. The van der Waals surface area contributed by atoms with Gasteiger partial charge in [0.05, 0.1) is 12.2 Å². The van der Waals surface area contributed by atoms with Crippen molar-refractivity contribution in [2.45, 2.75) is 57.3 Å². The number of β-amino-alcohol motifs (C(OH)–C–C–N with tert-alkyl or cyclic N) is 1. The molecule has 0 aromatic rings. The summed E-state index contributed by atoms with van der Waals surface area (Å²) in [5.41, 5.74) is 5.43. The highest BCUT2D eigenvalue weighted by atomic mass is 16.5. The number of nitrogens with two attached hydrogens (primary N) is 1. The molecule has 0 aromatic carbocycles. The van der Waals surface area contributed by atoms with Crippen LogP contribution in [0.5, 0.6) is 0 Å². The van der Waals surface area contributed by atoms with Crippen LogP contribution in [0.3, 0.4) is 0 Å². The molecule has 3 fully saturated rings. The summed E-state index contributed by atoms with van der Waals surface area (Å²) in [4.78, 5) is 14.7. The van der Waals surface area contributed by atoms with Crippen LogP contribution in [0.1, 0.15) is 39.5 Å². The maximum Gasteiger partial charge on any atom is 0.243 e. The number of ether oxygens (including phenoxy) is 1. The molecule has 5 nitrogen and oxygen atoms in total. The van der Waals surface area contributed by atoms with Gasteiger partial charge in [0, 0.05) is 31.0 Å². The van der Waals surface area contributed by atoms with E-state index < -0.39 is 11.6 Å². The Morgan fingerprint density at radius 3 is 2.80 bits per heavy atom. The van der Waals surface area contributed by atoms with Gasteiger partial charge in [-0.25, -0.2) is 0 Å². The van der Waals surface area contributed by atoms with E-state index in [1.54, 1.807) is 4.90 Å². The summed E-state index contributed by atoms with van der Waals surface area (Å²) in [6, 6.07) is 0. The lowest BCUT2D eigenvalue weighted by Crippen LogP contribution is -2.82. The number of carbonyl (C=O) groups is 1. The quantitative estimate of drug-likeness (QED) is 0.734. The second-order valence-corrected chi connectivity index (χ2v) is 7.18. The Balaban J connectivity index is 1.82. The Kier molecular flexibility index (Phi) is 3.35. The molecule has 1 saturated carbocycles. The second-order valence-electron chi connectivity index (χ2n) is 7.18. The molecule has 1 aliphatic carbocycles. The minimum absolute atomic E-state index is 0.00741. The molecule has 0 aromatic heterocycles. The molecule has 0 bridgehead atoms. The zero-order valence-corrected chi connectivity index (χ0v) is 12.5. The smallest absolute Gasteiger partial charge is 0.243 e. The molecule has 3 rings (SSSR count). The Hall–Kier alpha value is -0.650. The van der Waals surface area contributed by atoms with Crippen molar-refractivity contribution < 1.29 is 14.6 Å². The first-order chi connectivity index (χ1) is 9.39. The van der Waals surface area contributed by atoms with Crippen molar-refractivity contribution in [1.29, 1.82) is 0 Å². The second kappa shape index (κ2) is 4.68. The van der Waals surface area contributed by atoms with Crippen LogP contribution in [-0.4, -0.2) is 53.4 Å². The number of aliphatic hydroxyl groups excluding tert-OH is 1. The number of piperidine rings is 1. The molecular weight excluding hydrogens is 256 g/mol. The van der Waals surface area contributed by atoms with Crippen LogP contribution in [0.2, 0.25) is 0 Å². The Morgan fingerprint density at radius 1 is 1.35 bits per heavy atom. The SMILES string of the molecule is CC1(C)C2OCCCC2C1(N)C(=O)N1CCC[C@H](O)C1. The van der Waals surface area contributed by atoms with E-state index in [9.17, 15) is 9.90 Å². The van der Waals surface area contributed by atoms with Crippen LogP contribution < -0.4 is 5.73 Å². The van der Waals surface area contributed by atoms with Crippen molar-refractivity contribution in [3.63, 3.8) is 0 Å². The minimum Gasteiger partial charge on any atom is -0.391 e. The van der Waals surface area contributed by atoms with E-state index in [0.717, 1.165) is 32.3 Å². The van der Waals surface area contributed by atoms with Gasteiger partial charge in [0.25, 0.3) is 0 Å². The molecule has 0 radical (unpaired) electrons. The summed E-state index contributed by atoms with van der Waals surface area (Å²) in [6.45, 7) is 5.99. The summed E-state index contributed by atoms with van der Waals surface area (Å²) in [5.74, 6) is 0.130. The van der Waals surface area contributed by atoms with Crippen LogP contribution >= 0.6 is 0 Å². The molecule has 0 spiro atoms. The average molecular weight is 282 g/mol. The topological polar surface area (TPSA) is 75.8 Å². The van der Waals surface area contributed by atoms with Gasteiger partial charge in [-0.15, -0.1) is 0 Å².